The first-order chi connectivity index (χ1) is 12.5. The van der Waals surface area contributed by atoms with Crippen molar-refractivity contribution < 1.29 is 40.5 Å². The zero-order valence-corrected chi connectivity index (χ0v) is 13.1. The predicted octanol–water partition coefficient (Wildman–Crippen LogP) is 2.80. The summed E-state index contributed by atoms with van der Waals surface area (Å²) in [5, 5.41) is 6.66. The lowest BCUT2D eigenvalue weighted by molar-refractivity contribution is -0.159. The van der Waals surface area contributed by atoms with Crippen molar-refractivity contribution in [3.63, 3.8) is 0 Å². The Bertz CT molecular complexity index is 813. The molecule has 0 saturated heterocycles. The minimum atomic E-state index is -4.79. The molecule has 0 bridgehead atoms. The summed E-state index contributed by atoms with van der Waals surface area (Å²) in [4.78, 5) is 26.2. The van der Waals surface area contributed by atoms with Gasteiger partial charge in [-0.25, -0.2) is 4.79 Å². The molecule has 1 aromatic heterocycles. The van der Waals surface area contributed by atoms with Crippen molar-refractivity contribution >= 4 is 11.8 Å². The highest BCUT2D eigenvalue weighted by Gasteiger charge is 2.38. The molecule has 13 heteroatoms. The van der Waals surface area contributed by atoms with Crippen molar-refractivity contribution in [2.45, 2.75) is 12.4 Å². The van der Waals surface area contributed by atoms with Crippen LogP contribution in [0.5, 0.6) is 0 Å². The molecule has 0 atom stereocenters. The number of ketones is 1. The van der Waals surface area contributed by atoms with Gasteiger partial charge in [-0.1, -0.05) is 29.4 Å². The normalized spacial score (nSPS) is 11.9. The minimum Gasteiger partial charge on any atom is -0.331 e. The third-order valence-corrected chi connectivity index (χ3v) is 2.99. The lowest BCUT2D eigenvalue weighted by Gasteiger charge is -2.09. The molecular weight excluding hydrogens is 386 g/mol. The smallest absolute Gasteiger partial charge is 0.331 e. The number of urea groups is 1. The molecule has 0 spiro atoms. The Kier molecular flexibility index (Phi) is 5.71. The highest BCUT2D eigenvalue weighted by Crippen LogP contribution is 2.29. The molecule has 0 saturated carbocycles. The molecule has 146 valence electrons. The maximum atomic E-state index is 12.4. The Morgan fingerprint density at radius 3 is 2.15 bits per heavy atom. The second-order valence-electron chi connectivity index (χ2n) is 5.07. The molecule has 2 rings (SSSR count). The first kappa shape index (κ1) is 20.2. The van der Waals surface area contributed by atoms with Gasteiger partial charge in [0, 0.05) is 11.1 Å². The predicted molar refractivity (Wildman–Crippen MR) is 76.5 cm³/mol. The fourth-order valence-electron chi connectivity index (χ4n) is 1.77. The van der Waals surface area contributed by atoms with Crippen molar-refractivity contribution in [1.29, 1.82) is 0 Å². The largest absolute Gasteiger partial charge is 0.471 e. The lowest BCUT2D eigenvalue weighted by atomic mass is 10.1. The Labute approximate surface area is 146 Å². The molecule has 0 aliphatic heterocycles. The van der Waals surface area contributed by atoms with Crippen molar-refractivity contribution in [2.75, 3.05) is 13.1 Å². The van der Waals surface area contributed by atoms with Gasteiger partial charge in [0.15, 0.2) is 5.78 Å². The van der Waals surface area contributed by atoms with Gasteiger partial charge in [-0.05, 0) is 0 Å². The molecule has 0 aliphatic rings. The number of Topliss-reactive ketones (excluding diaryl/α,β-unsaturated/α-hetero) is 1. The van der Waals surface area contributed by atoms with Crippen LogP contribution in [0.4, 0.5) is 31.1 Å². The van der Waals surface area contributed by atoms with Gasteiger partial charge in [0.1, 0.15) is 6.54 Å². The maximum absolute atomic E-state index is 12.4. The lowest BCUT2D eigenvalue weighted by Crippen LogP contribution is -2.42. The van der Waals surface area contributed by atoms with Gasteiger partial charge >= 0.3 is 24.3 Å². The van der Waals surface area contributed by atoms with Crippen LogP contribution in [0.25, 0.3) is 11.4 Å². The van der Waals surface area contributed by atoms with Crippen LogP contribution in [0.15, 0.2) is 28.8 Å². The van der Waals surface area contributed by atoms with Gasteiger partial charge < -0.3 is 15.2 Å². The zero-order chi connectivity index (χ0) is 20.2. The van der Waals surface area contributed by atoms with Crippen molar-refractivity contribution in [1.82, 2.24) is 20.8 Å². The second-order valence-corrected chi connectivity index (χ2v) is 5.07. The Morgan fingerprint density at radius 2 is 1.63 bits per heavy atom. The van der Waals surface area contributed by atoms with Crippen LogP contribution in [0.2, 0.25) is 0 Å². The number of nitrogens with zero attached hydrogens (tertiary/aromatic N) is 2. The number of nitrogens with one attached hydrogen (secondary N) is 2. The molecule has 2 amide bonds. The summed E-state index contributed by atoms with van der Waals surface area (Å²) in [6.45, 7) is -2.13. The van der Waals surface area contributed by atoms with E-state index in [9.17, 15) is 35.9 Å². The fraction of sp³-hybridized carbons (Fsp3) is 0.286. The van der Waals surface area contributed by atoms with Crippen LogP contribution < -0.4 is 10.6 Å². The van der Waals surface area contributed by atoms with Crippen molar-refractivity contribution in [3.05, 3.63) is 35.7 Å². The number of carbonyl (C=O) groups is 2. The number of aromatic nitrogens is 2. The maximum Gasteiger partial charge on any atom is 0.471 e. The second kappa shape index (κ2) is 7.63. The summed E-state index contributed by atoms with van der Waals surface area (Å²) < 4.78 is 77.1. The van der Waals surface area contributed by atoms with Crippen LogP contribution in [0, 0.1) is 0 Å². The van der Waals surface area contributed by atoms with Crippen LogP contribution in [-0.4, -0.2) is 41.2 Å². The molecule has 0 unspecified atom stereocenters. The number of benzene rings is 1. The van der Waals surface area contributed by atoms with Crippen LogP contribution in [-0.2, 0) is 6.18 Å². The molecule has 1 aromatic carbocycles. The topological polar surface area (TPSA) is 97.1 Å². The molecule has 2 aromatic rings. The van der Waals surface area contributed by atoms with Gasteiger partial charge in [0.2, 0.25) is 5.82 Å². The number of alkyl halides is 6. The molecular formula is C14H10F6N4O3. The van der Waals surface area contributed by atoms with Crippen LogP contribution >= 0.6 is 0 Å². The van der Waals surface area contributed by atoms with Crippen molar-refractivity contribution in [2.24, 2.45) is 0 Å². The van der Waals surface area contributed by atoms with Gasteiger partial charge in [0.25, 0.3) is 0 Å². The zero-order valence-electron chi connectivity index (χ0n) is 13.1. The van der Waals surface area contributed by atoms with E-state index in [-0.39, 0.29) is 17.0 Å². The number of hydrogen-bond acceptors (Lipinski definition) is 5. The number of halogens is 6. The van der Waals surface area contributed by atoms with Gasteiger partial charge in [-0.15, -0.1) is 0 Å². The number of carbonyl (C=O) groups excluding carboxylic acids is 2. The Morgan fingerprint density at radius 1 is 1.00 bits per heavy atom. The van der Waals surface area contributed by atoms with Crippen LogP contribution in [0.3, 0.4) is 0 Å². The summed E-state index contributed by atoms with van der Waals surface area (Å²) in [6, 6.07) is 3.79. The minimum absolute atomic E-state index is 0.0643. The van der Waals surface area contributed by atoms with E-state index in [1.165, 1.54) is 29.6 Å². The molecule has 1 heterocycles. The monoisotopic (exact) mass is 396 g/mol. The van der Waals surface area contributed by atoms with Gasteiger partial charge in [-0.2, -0.15) is 31.3 Å². The first-order valence-electron chi connectivity index (χ1n) is 7.09. The third kappa shape index (κ3) is 5.97. The SMILES string of the molecule is O=C(NCC(=O)c1ccc(-c2noc(C(F)(F)F)n2)cc1)NCC(F)(F)F. The summed E-state index contributed by atoms with van der Waals surface area (Å²) in [7, 11) is 0. The number of rotatable bonds is 5. The number of amides is 2. The highest BCUT2D eigenvalue weighted by atomic mass is 19.4. The first-order valence-corrected chi connectivity index (χ1v) is 7.09. The van der Waals surface area contributed by atoms with Gasteiger partial charge in [0.05, 0.1) is 6.54 Å². The van der Waals surface area contributed by atoms with E-state index in [4.69, 9.17) is 0 Å². The fourth-order valence-corrected chi connectivity index (χ4v) is 1.77. The summed E-state index contributed by atoms with van der Waals surface area (Å²) >= 11 is 0. The van der Waals surface area contributed by atoms with Crippen molar-refractivity contribution in [3.8, 4) is 11.4 Å². The van der Waals surface area contributed by atoms with Gasteiger partial charge in [-0.3, -0.25) is 4.79 Å². The van der Waals surface area contributed by atoms with E-state index in [0.29, 0.717) is 0 Å². The Hall–Kier alpha value is -3.12. The standard InChI is InChI=1S/C14H10F6N4O3/c15-13(16,17)6-22-12(26)21-5-9(25)7-1-3-8(4-2-7)10-23-11(27-24-10)14(18,19)20/h1-4H,5-6H2,(H2,21,22,26). The number of hydrogen-bond donors (Lipinski definition) is 2. The van der Waals surface area contributed by atoms with E-state index in [0.717, 1.165) is 0 Å². The molecule has 2 N–H and O–H groups in total. The van der Waals surface area contributed by atoms with E-state index in [2.05, 4.69) is 14.7 Å². The van der Waals surface area contributed by atoms with E-state index >= 15 is 0 Å². The summed E-state index contributed by atoms with van der Waals surface area (Å²) in [5.41, 5.74) is 0.205. The average Bonchev–Trinajstić information content (AvgIpc) is 3.08. The molecule has 0 aliphatic carbocycles. The van der Waals surface area contributed by atoms with E-state index in [1.54, 1.807) is 0 Å². The Balaban J connectivity index is 1.93. The molecule has 27 heavy (non-hydrogen) atoms. The quantitative estimate of drug-likeness (QED) is 0.599. The van der Waals surface area contributed by atoms with Crippen LogP contribution in [0.1, 0.15) is 16.2 Å². The molecule has 0 fully saturated rings. The summed E-state index contributed by atoms with van der Waals surface area (Å²) in [6.07, 6.45) is -9.38. The molecule has 7 nitrogen and oxygen atoms in total. The molecule has 0 radical (unpaired) electrons. The van der Waals surface area contributed by atoms with E-state index in [1.807, 2.05) is 5.32 Å². The average molecular weight is 396 g/mol. The highest BCUT2D eigenvalue weighted by molar-refractivity contribution is 5.99. The van der Waals surface area contributed by atoms with E-state index < -0.39 is 43.1 Å². The third-order valence-electron chi connectivity index (χ3n) is 2.99. The summed E-state index contributed by atoms with van der Waals surface area (Å²) in [5.74, 6) is -2.49.